The van der Waals surface area contributed by atoms with Crippen molar-refractivity contribution in [2.45, 2.75) is 31.7 Å². The van der Waals surface area contributed by atoms with Crippen molar-refractivity contribution in [3.05, 3.63) is 18.0 Å². The van der Waals surface area contributed by atoms with Crippen LogP contribution in [0.2, 0.25) is 0 Å². The van der Waals surface area contributed by atoms with Crippen molar-refractivity contribution in [3.8, 4) is 0 Å². The highest BCUT2D eigenvalue weighted by molar-refractivity contribution is 7.99. The van der Waals surface area contributed by atoms with Gasteiger partial charge >= 0.3 is 0 Å². The second-order valence-electron chi connectivity index (χ2n) is 4.55. The van der Waals surface area contributed by atoms with E-state index < -0.39 is 6.10 Å². The molecule has 0 amide bonds. The van der Waals surface area contributed by atoms with Gasteiger partial charge in [0.15, 0.2) is 5.16 Å². The van der Waals surface area contributed by atoms with Gasteiger partial charge in [0.1, 0.15) is 0 Å². The van der Waals surface area contributed by atoms with Crippen molar-refractivity contribution >= 4 is 11.8 Å². The number of thioether (sulfide) groups is 1. The average Bonchev–Trinajstić information content (AvgIpc) is 2.37. The molecular formula is C12H21N3O2S. The third-order valence-corrected chi connectivity index (χ3v) is 3.20. The average molecular weight is 271 g/mol. The number of nitrogens with zero attached hydrogens (tertiary/aromatic N) is 2. The van der Waals surface area contributed by atoms with E-state index in [2.05, 4.69) is 29.1 Å². The number of aromatic nitrogens is 2. The molecule has 18 heavy (non-hydrogen) atoms. The third kappa shape index (κ3) is 6.30. The summed E-state index contributed by atoms with van der Waals surface area (Å²) in [6.45, 7) is 5.83. The number of nitrogens with one attached hydrogen (secondary N) is 1. The zero-order valence-corrected chi connectivity index (χ0v) is 11.7. The monoisotopic (exact) mass is 271 g/mol. The van der Waals surface area contributed by atoms with Crippen LogP contribution in [0.1, 0.15) is 19.4 Å². The van der Waals surface area contributed by atoms with E-state index in [1.807, 2.05) is 0 Å². The summed E-state index contributed by atoms with van der Waals surface area (Å²) < 4.78 is 0. The Morgan fingerprint density at radius 1 is 1.33 bits per heavy atom. The van der Waals surface area contributed by atoms with Crippen molar-refractivity contribution in [1.82, 2.24) is 15.3 Å². The molecule has 1 aromatic heterocycles. The van der Waals surface area contributed by atoms with Crippen LogP contribution < -0.4 is 5.32 Å². The molecule has 6 heteroatoms. The standard InChI is InChI=1S/C12H21N3O2S/c1-9(2)3-13-4-10-5-14-12(15-6-10)18-8-11(17)7-16/h5-6,9,11,13,16-17H,3-4,7-8H2,1-2H3. The first kappa shape index (κ1) is 15.4. The summed E-state index contributed by atoms with van der Waals surface area (Å²) in [6.07, 6.45) is 2.85. The van der Waals surface area contributed by atoms with Gasteiger partial charge in [0.05, 0.1) is 12.7 Å². The van der Waals surface area contributed by atoms with E-state index in [4.69, 9.17) is 5.11 Å². The Kier molecular flexibility index (Phi) is 7.19. The molecule has 3 N–H and O–H groups in total. The number of hydrogen-bond acceptors (Lipinski definition) is 6. The Morgan fingerprint density at radius 3 is 2.56 bits per heavy atom. The third-order valence-electron chi connectivity index (χ3n) is 2.18. The van der Waals surface area contributed by atoms with Crippen LogP contribution in [0, 0.1) is 5.92 Å². The van der Waals surface area contributed by atoms with E-state index in [1.165, 1.54) is 11.8 Å². The molecule has 1 unspecified atom stereocenters. The lowest BCUT2D eigenvalue weighted by molar-refractivity contribution is 0.113. The topological polar surface area (TPSA) is 78.3 Å². The van der Waals surface area contributed by atoms with Crippen molar-refractivity contribution in [3.63, 3.8) is 0 Å². The first-order valence-corrected chi connectivity index (χ1v) is 7.03. The maximum Gasteiger partial charge on any atom is 0.187 e. The van der Waals surface area contributed by atoms with E-state index in [0.29, 0.717) is 16.8 Å². The van der Waals surface area contributed by atoms with Crippen LogP contribution in [-0.4, -0.2) is 45.2 Å². The molecular weight excluding hydrogens is 250 g/mol. The highest BCUT2D eigenvalue weighted by atomic mass is 32.2. The maximum absolute atomic E-state index is 9.21. The molecule has 0 aliphatic rings. The minimum atomic E-state index is -0.717. The minimum Gasteiger partial charge on any atom is -0.394 e. The summed E-state index contributed by atoms with van der Waals surface area (Å²) >= 11 is 1.34. The summed E-state index contributed by atoms with van der Waals surface area (Å²) in [5.41, 5.74) is 1.04. The zero-order chi connectivity index (χ0) is 13.4. The summed E-state index contributed by atoms with van der Waals surface area (Å²) in [7, 11) is 0. The van der Waals surface area contributed by atoms with Crippen LogP contribution in [0.25, 0.3) is 0 Å². The molecule has 1 heterocycles. The smallest absolute Gasteiger partial charge is 0.187 e. The van der Waals surface area contributed by atoms with Gasteiger partial charge in [0.25, 0.3) is 0 Å². The van der Waals surface area contributed by atoms with Crippen LogP contribution in [0.3, 0.4) is 0 Å². The maximum atomic E-state index is 9.21. The van der Waals surface area contributed by atoms with E-state index in [-0.39, 0.29) is 6.61 Å². The fourth-order valence-electron chi connectivity index (χ4n) is 1.24. The van der Waals surface area contributed by atoms with Crippen molar-refractivity contribution in [2.75, 3.05) is 18.9 Å². The van der Waals surface area contributed by atoms with Gasteiger partial charge in [-0.1, -0.05) is 25.6 Å². The second-order valence-corrected chi connectivity index (χ2v) is 5.53. The fourth-order valence-corrected chi connectivity index (χ4v) is 1.94. The molecule has 0 aliphatic heterocycles. The summed E-state index contributed by atoms with van der Waals surface area (Å²) in [5, 5.41) is 21.8. The number of aliphatic hydroxyl groups excluding tert-OH is 2. The largest absolute Gasteiger partial charge is 0.394 e. The molecule has 0 spiro atoms. The van der Waals surface area contributed by atoms with Crippen LogP contribution in [-0.2, 0) is 6.54 Å². The van der Waals surface area contributed by atoms with Crippen LogP contribution >= 0.6 is 11.8 Å². The summed E-state index contributed by atoms with van der Waals surface area (Å²) in [5.74, 6) is 1.03. The molecule has 0 bridgehead atoms. The molecule has 0 aromatic carbocycles. The Morgan fingerprint density at radius 2 is 2.00 bits per heavy atom. The molecule has 102 valence electrons. The lowest BCUT2D eigenvalue weighted by atomic mass is 10.2. The van der Waals surface area contributed by atoms with Gasteiger partial charge in [-0.25, -0.2) is 9.97 Å². The molecule has 0 saturated carbocycles. The van der Waals surface area contributed by atoms with Gasteiger partial charge in [-0.2, -0.15) is 0 Å². The molecule has 1 rings (SSSR count). The lowest BCUT2D eigenvalue weighted by Crippen LogP contribution is -2.19. The molecule has 5 nitrogen and oxygen atoms in total. The van der Waals surface area contributed by atoms with Gasteiger partial charge in [-0.15, -0.1) is 0 Å². The summed E-state index contributed by atoms with van der Waals surface area (Å²) in [4.78, 5) is 8.40. The number of hydrogen-bond donors (Lipinski definition) is 3. The number of rotatable bonds is 8. The van der Waals surface area contributed by atoms with Crippen LogP contribution in [0.15, 0.2) is 17.6 Å². The first-order chi connectivity index (χ1) is 8.61. The van der Waals surface area contributed by atoms with Crippen molar-refractivity contribution in [1.29, 1.82) is 0 Å². The van der Waals surface area contributed by atoms with Gasteiger partial charge in [-0.05, 0) is 12.5 Å². The molecule has 0 saturated heterocycles. The Balaban J connectivity index is 2.33. The molecule has 0 radical (unpaired) electrons. The van der Waals surface area contributed by atoms with Crippen molar-refractivity contribution in [2.24, 2.45) is 5.92 Å². The normalized spacial score (nSPS) is 12.9. The van der Waals surface area contributed by atoms with Crippen LogP contribution in [0.4, 0.5) is 0 Å². The van der Waals surface area contributed by atoms with E-state index in [1.54, 1.807) is 12.4 Å². The van der Waals surface area contributed by atoms with E-state index in [9.17, 15) is 5.11 Å². The predicted molar refractivity (Wildman–Crippen MR) is 72.4 cm³/mol. The fraction of sp³-hybridized carbons (Fsp3) is 0.667. The number of aliphatic hydroxyl groups is 2. The highest BCUT2D eigenvalue weighted by Crippen LogP contribution is 2.13. The van der Waals surface area contributed by atoms with Gasteiger partial charge in [-0.3, -0.25) is 0 Å². The van der Waals surface area contributed by atoms with Crippen LogP contribution in [0.5, 0.6) is 0 Å². The molecule has 1 aromatic rings. The highest BCUT2D eigenvalue weighted by Gasteiger charge is 2.05. The molecule has 0 aliphatic carbocycles. The van der Waals surface area contributed by atoms with Crippen molar-refractivity contribution < 1.29 is 10.2 Å². The van der Waals surface area contributed by atoms with Gasteiger partial charge in [0.2, 0.25) is 0 Å². The Labute approximate surface area is 112 Å². The van der Waals surface area contributed by atoms with E-state index >= 15 is 0 Å². The minimum absolute atomic E-state index is 0.232. The lowest BCUT2D eigenvalue weighted by Gasteiger charge is -2.08. The molecule has 1 atom stereocenters. The summed E-state index contributed by atoms with van der Waals surface area (Å²) in [6, 6.07) is 0. The quantitative estimate of drug-likeness (QED) is 0.476. The predicted octanol–water partition coefficient (Wildman–Crippen LogP) is 0.667. The van der Waals surface area contributed by atoms with Gasteiger partial charge in [0, 0.05) is 30.3 Å². The second kappa shape index (κ2) is 8.42. The molecule has 0 fully saturated rings. The first-order valence-electron chi connectivity index (χ1n) is 6.05. The Hall–Kier alpha value is -0.690. The Bertz CT molecular complexity index is 333. The van der Waals surface area contributed by atoms with E-state index in [0.717, 1.165) is 18.7 Å². The van der Waals surface area contributed by atoms with Gasteiger partial charge < -0.3 is 15.5 Å². The SMILES string of the molecule is CC(C)CNCc1cnc(SCC(O)CO)nc1. The zero-order valence-electron chi connectivity index (χ0n) is 10.8.